The molecule has 0 saturated heterocycles. The normalized spacial score (nSPS) is 28.4. The summed E-state index contributed by atoms with van der Waals surface area (Å²) >= 11 is -1.49. The standard InChI is InChI=1S/3C8H15.Gd/c3*1-7(2)8-5-3-4-6-8;/h3*7H,3-6H2,1-2H3;. The van der Waals surface area contributed by atoms with Crippen molar-refractivity contribution in [3.05, 3.63) is 0 Å². The van der Waals surface area contributed by atoms with Gasteiger partial charge in [0.15, 0.2) is 0 Å². The minimum absolute atomic E-state index is 0.804. The molecule has 0 aromatic carbocycles. The van der Waals surface area contributed by atoms with Crippen LogP contribution in [0.4, 0.5) is 0 Å². The summed E-state index contributed by atoms with van der Waals surface area (Å²) in [7, 11) is 0. The van der Waals surface area contributed by atoms with Crippen LogP contribution in [0.2, 0.25) is 3.58 Å². The Kier molecular flexibility index (Phi) is 6.72. The van der Waals surface area contributed by atoms with E-state index in [9.17, 15) is 0 Å². The van der Waals surface area contributed by atoms with Crippen molar-refractivity contribution in [1.29, 1.82) is 0 Å². The predicted octanol–water partition coefficient (Wildman–Crippen LogP) is 8.77. The molecule has 3 aliphatic carbocycles. The van der Waals surface area contributed by atoms with Gasteiger partial charge in [0.05, 0.1) is 0 Å². The second-order valence-corrected chi connectivity index (χ2v) is 18.9. The summed E-state index contributed by atoms with van der Waals surface area (Å²) < 4.78 is 2.41. The Morgan fingerprint density at radius 2 is 0.640 bits per heavy atom. The fourth-order valence-electron chi connectivity index (χ4n) is 6.79. The third-order valence-corrected chi connectivity index (χ3v) is 22.5. The molecule has 3 aliphatic rings. The zero-order valence-electron chi connectivity index (χ0n) is 18.1. The van der Waals surface area contributed by atoms with Gasteiger partial charge in [-0.1, -0.05) is 0 Å². The van der Waals surface area contributed by atoms with Gasteiger partial charge in [-0.2, -0.15) is 0 Å². The first-order valence-electron chi connectivity index (χ1n) is 11.5. The molecule has 0 radical (unpaired) electrons. The molecule has 0 heterocycles. The van der Waals surface area contributed by atoms with Crippen molar-refractivity contribution < 1.29 is 33.8 Å². The third kappa shape index (κ3) is 3.33. The maximum absolute atomic E-state index is 2.63. The molecule has 0 aliphatic heterocycles. The van der Waals surface area contributed by atoms with E-state index in [1.807, 2.05) is 0 Å². The molecule has 3 fully saturated rings. The van der Waals surface area contributed by atoms with E-state index in [0.29, 0.717) is 0 Å². The monoisotopic (exact) mass is 491 g/mol. The van der Waals surface area contributed by atoms with Crippen LogP contribution < -0.4 is 0 Å². The Bertz CT molecular complexity index is 362. The van der Waals surface area contributed by atoms with Crippen LogP contribution in [-0.2, 0) is 0 Å². The topological polar surface area (TPSA) is 0 Å². The summed E-state index contributed by atoms with van der Waals surface area (Å²) in [6.45, 7) is 15.8. The molecule has 1 heteroatoms. The van der Waals surface area contributed by atoms with E-state index >= 15 is 0 Å². The van der Waals surface area contributed by atoms with Crippen LogP contribution in [-0.4, -0.2) is 0 Å². The van der Waals surface area contributed by atoms with E-state index in [-0.39, 0.29) is 0 Å². The molecule has 25 heavy (non-hydrogen) atoms. The fraction of sp³-hybridized carbons (Fsp3) is 1.00. The van der Waals surface area contributed by atoms with Crippen molar-refractivity contribution in [3.8, 4) is 0 Å². The van der Waals surface area contributed by atoms with Crippen molar-refractivity contribution in [2.45, 2.75) is 122 Å². The van der Waals surface area contributed by atoms with Crippen LogP contribution >= 0.6 is 0 Å². The van der Waals surface area contributed by atoms with E-state index in [1.165, 1.54) is 0 Å². The Balaban J connectivity index is 2.18. The summed E-state index contributed by atoms with van der Waals surface area (Å²) in [6, 6.07) is 0. The molecular weight excluding hydrogens is 446 g/mol. The average Bonchev–Trinajstić information content (AvgIpc) is 3.30. The quantitative estimate of drug-likeness (QED) is 0.349. The molecule has 0 N–H and O–H groups in total. The number of hydrogen-bond donors (Lipinski definition) is 0. The Morgan fingerprint density at radius 3 is 0.800 bits per heavy atom. The predicted molar refractivity (Wildman–Crippen MR) is 108 cm³/mol. The van der Waals surface area contributed by atoms with Gasteiger partial charge in [0.25, 0.3) is 0 Å². The fourth-order valence-corrected chi connectivity index (χ4v) is 23.3. The van der Waals surface area contributed by atoms with Crippen LogP contribution in [0, 0.1) is 51.6 Å². The van der Waals surface area contributed by atoms with E-state index in [4.69, 9.17) is 0 Å². The third-order valence-electron chi connectivity index (χ3n) is 8.39. The molecule has 149 valence electrons. The first-order valence-corrected chi connectivity index (χ1v) is 14.9. The molecule has 0 aromatic heterocycles. The molecule has 0 bridgehead atoms. The summed E-state index contributed by atoms with van der Waals surface area (Å²) in [4.78, 5) is 0. The molecule has 3 rings (SSSR count). The maximum atomic E-state index is 2.63. The van der Waals surface area contributed by atoms with Gasteiger partial charge in [0.1, 0.15) is 0 Å². The van der Waals surface area contributed by atoms with Gasteiger partial charge in [0, 0.05) is 0 Å². The van der Waals surface area contributed by atoms with Crippen LogP contribution in [0.25, 0.3) is 0 Å². The summed E-state index contributed by atoms with van der Waals surface area (Å²) in [5.74, 6) is 2.80. The molecule has 0 nitrogen and oxygen atoms in total. The minimum atomic E-state index is -1.49. The van der Waals surface area contributed by atoms with Crippen LogP contribution in [0.5, 0.6) is 0 Å². The van der Waals surface area contributed by atoms with E-state index in [1.54, 1.807) is 77.0 Å². The van der Waals surface area contributed by atoms with E-state index in [2.05, 4.69) is 41.5 Å². The molecule has 0 aromatic rings. The summed E-state index contributed by atoms with van der Waals surface area (Å²) in [6.07, 6.45) is 18.9. The van der Waals surface area contributed by atoms with Crippen LogP contribution in [0.15, 0.2) is 0 Å². The van der Waals surface area contributed by atoms with Gasteiger partial charge in [-0.15, -0.1) is 0 Å². The SMILES string of the molecule is CC(C)[C]1([Gd]([C]2(C(C)C)CCCC2)[C]2(C(C)C)CCCC2)CCCC1. The summed E-state index contributed by atoms with van der Waals surface area (Å²) in [5, 5.41) is 0. The molecule has 0 spiro atoms. The van der Waals surface area contributed by atoms with E-state index < -0.39 is 33.8 Å². The summed E-state index contributed by atoms with van der Waals surface area (Å²) in [5.41, 5.74) is 0. The first kappa shape index (κ1) is 21.0. The molecule has 0 unspecified atom stereocenters. The van der Waals surface area contributed by atoms with Crippen molar-refractivity contribution >= 4 is 0 Å². The molecule has 3 saturated carbocycles. The number of hydrogen-bond acceptors (Lipinski definition) is 0. The Morgan fingerprint density at radius 1 is 0.440 bits per heavy atom. The molecule has 0 atom stereocenters. The van der Waals surface area contributed by atoms with Gasteiger partial charge in [0.2, 0.25) is 0 Å². The Hall–Kier alpha value is 1.32. The second-order valence-electron chi connectivity index (χ2n) is 10.4. The van der Waals surface area contributed by atoms with Crippen molar-refractivity contribution in [1.82, 2.24) is 0 Å². The Labute approximate surface area is 172 Å². The van der Waals surface area contributed by atoms with Crippen molar-refractivity contribution in [2.24, 2.45) is 17.8 Å². The second kappa shape index (κ2) is 7.98. The van der Waals surface area contributed by atoms with Gasteiger partial charge in [-0.25, -0.2) is 0 Å². The van der Waals surface area contributed by atoms with Gasteiger partial charge in [-0.05, 0) is 0 Å². The zero-order chi connectivity index (χ0) is 18.3. The van der Waals surface area contributed by atoms with Crippen LogP contribution in [0.3, 0.4) is 0 Å². The number of rotatable bonds is 6. The van der Waals surface area contributed by atoms with Crippen molar-refractivity contribution in [2.75, 3.05) is 0 Å². The van der Waals surface area contributed by atoms with E-state index in [0.717, 1.165) is 21.3 Å². The first-order chi connectivity index (χ1) is 11.8. The van der Waals surface area contributed by atoms with Gasteiger partial charge in [-0.3, -0.25) is 0 Å². The van der Waals surface area contributed by atoms with Gasteiger partial charge < -0.3 is 0 Å². The molecule has 0 amide bonds. The zero-order valence-corrected chi connectivity index (χ0v) is 20.3. The molecular formula is C24H45Gd. The average molecular weight is 491 g/mol. The van der Waals surface area contributed by atoms with Crippen molar-refractivity contribution in [3.63, 3.8) is 0 Å². The van der Waals surface area contributed by atoms with Crippen LogP contribution in [0.1, 0.15) is 119 Å². The van der Waals surface area contributed by atoms with Gasteiger partial charge >= 0.3 is 174 Å².